The molecule has 0 radical (unpaired) electrons. The Kier molecular flexibility index (Phi) is 5.13. The molecule has 1 aliphatic carbocycles. The van der Waals surface area contributed by atoms with Crippen molar-refractivity contribution in [1.29, 1.82) is 0 Å². The highest BCUT2D eigenvalue weighted by molar-refractivity contribution is 5.29. The molecular weight excluding hydrogens is 224 g/mol. The summed E-state index contributed by atoms with van der Waals surface area (Å²) in [5.41, 5.74) is 1.46. The number of benzene rings is 1. The van der Waals surface area contributed by atoms with Gasteiger partial charge in [0.05, 0.1) is 6.26 Å². The third-order valence-corrected chi connectivity index (χ3v) is 3.54. The summed E-state index contributed by atoms with van der Waals surface area (Å²) in [6, 6.07) is 8.55. The predicted octanol–water partition coefficient (Wildman–Crippen LogP) is 4.27. The Morgan fingerprint density at radius 2 is 1.78 bits per heavy atom. The fourth-order valence-corrected chi connectivity index (χ4v) is 2.56. The van der Waals surface area contributed by atoms with Gasteiger partial charge in [0.2, 0.25) is 0 Å². The first-order valence-electron chi connectivity index (χ1n) is 6.85. The second-order valence-electron chi connectivity index (χ2n) is 4.79. The van der Waals surface area contributed by atoms with Crippen molar-refractivity contribution in [3.8, 4) is 5.75 Å². The summed E-state index contributed by atoms with van der Waals surface area (Å²) in [5.74, 6) is 1.68. The van der Waals surface area contributed by atoms with Crippen LogP contribution in [-0.2, 0) is 4.74 Å². The van der Waals surface area contributed by atoms with Gasteiger partial charge in [0.15, 0.2) is 0 Å². The topological polar surface area (TPSA) is 18.5 Å². The molecule has 1 aromatic rings. The van der Waals surface area contributed by atoms with Crippen LogP contribution in [0.3, 0.4) is 0 Å². The van der Waals surface area contributed by atoms with E-state index in [9.17, 15) is 0 Å². The lowest BCUT2D eigenvalue weighted by atomic mass is 9.84. The van der Waals surface area contributed by atoms with Crippen molar-refractivity contribution in [2.45, 2.75) is 38.0 Å². The molecule has 0 bridgehead atoms. The third-order valence-electron chi connectivity index (χ3n) is 3.54. The fourth-order valence-electron chi connectivity index (χ4n) is 2.56. The smallest absolute Gasteiger partial charge is 0.122 e. The SMILES string of the molecule is C=COCCOc1ccc(C2CCCCC2)cc1. The third kappa shape index (κ3) is 3.80. The molecule has 0 atom stereocenters. The molecule has 98 valence electrons. The average molecular weight is 246 g/mol. The van der Waals surface area contributed by atoms with Gasteiger partial charge in [-0.25, -0.2) is 0 Å². The average Bonchev–Trinajstić information content (AvgIpc) is 2.45. The van der Waals surface area contributed by atoms with Gasteiger partial charge in [0.25, 0.3) is 0 Å². The first-order chi connectivity index (χ1) is 8.90. The molecule has 0 heterocycles. The van der Waals surface area contributed by atoms with Crippen molar-refractivity contribution in [2.75, 3.05) is 13.2 Å². The predicted molar refractivity (Wildman–Crippen MR) is 73.9 cm³/mol. The van der Waals surface area contributed by atoms with Crippen LogP contribution in [0.15, 0.2) is 37.1 Å². The largest absolute Gasteiger partial charge is 0.498 e. The molecule has 0 amide bonds. The Bertz CT molecular complexity index is 350. The standard InChI is InChI=1S/C16H22O2/c1-2-17-12-13-18-16-10-8-15(9-11-16)14-6-4-3-5-7-14/h2,8-11,14H,1,3-7,12-13H2. The zero-order valence-electron chi connectivity index (χ0n) is 10.9. The van der Waals surface area contributed by atoms with E-state index in [1.165, 1.54) is 43.9 Å². The van der Waals surface area contributed by atoms with Crippen LogP contribution in [-0.4, -0.2) is 13.2 Å². The highest BCUT2D eigenvalue weighted by Crippen LogP contribution is 2.33. The molecule has 0 aliphatic heterocycles. The van der Waals surface area contributed by atoms with Crippen molar-refractivity contribution in [3.05, 3.63) is 42.7 Å². The lowest BCUT2D eigenvalue weighted by Crippen LogP contribution is -2.05. The van der Waals surface area contributed by atoms with E-state index in [4.69, 9.17) is 9.47 Å². The van der Waals surface area contributed by atoms with E-state index >= 15 is 0 Å². The van der Waals surface area contributed by atoms with Crippen LogP contribution in [0.25, 0.3) is 0 Å². The monoisotopic (exact) mass is 246 g/mol. The Balaban J connectivity index is 1.82. The van der Waals surface area contributed by atoms with Gasteiger partial charge >= 0.3 is 0 Å². The summed E-state index contributed by atoms with van der Waals surface area (Å²) in [6.07, 6.45) is 8.28. The van der Waals surface area contributed by atoms with E-state index in [0.717, 1.165) is 11.7 Å². The van der Waals surface area contributed by atoms with Crippen molar-refractivity contribution >= 4 is 0 Å². The van der Waals surface area contributed by atoms with Crippen LogP contribution < -0.4 is 4.74 Å². The number of hydrogen-bond donors (Lipinski definition) is 0. The molecule has 2 rings (SSSR count). The van der Waals surface area contributed by atoms with Crippen LogP contribution in [0.1, 0.15) is 43.6 Å². The quantitative estimate of drug-likeness (QED) is 0.551. The van der Waals surface area contributed by atoms with E-state index in [1.54, 1.807) is 0 Å². The number of hydrogen-bond acceptors (Lipinski definition) is 2. The first-order valence-corrected chi connectivity index (χ1v) is 6.85. The summed E-state index contributed by atoms with van der Waals surface area (Å²) in [5, 5.41) is 0. The summed E-state index contributed by atoms with van der Waals surface area (Å²) in [7, 11) is 0. The summed E-state index contributed by atoms with van der Waals surface area (Å²) < 4.78 is 10.6. The van der Waals surface area contributed by atoms with Crippen LogP contribution in [0, 0.1) is 0 Å². The van der Waals surface area contributed by atoms with Gasteiger partial charge in [-0.1, -0.05) is 38.0 Å². The fraction of sp³-hybridized carbons (Fsp3) is 0.500. The summed E-state index contributed by atoms with van der Waals surface area (Å²) in [4.78, 5) is 0. The Morgan fingerprint density at radius 3 is 2.44 bits per heavy atom. The molecule has 0 N–H and O–H groups in total. The van der Waals surface area contributed by atoms with E-state index in [1.807, 2.05) is 0 Å². The molecule has 0 unspecified atom stereocenters. The maximum absolute atomic E-state index is 5.58. The van der Waals surface area contributed by atoms with Crippen molar-refractivity contribution < 1.29 is 9.47 Å². The lowest BCUT2D eigenvalue weighted by molar-refractivity contribution is 0.179. The molecule has 0 aromatic heterocycles. The number of ether oxygens (including phenoxy) is 2. The Morgan fingerprint density at radius 1 is 1.06 bits per heavy atom. The van der Waals surface area contributed by atoms with Crippen LogP contribution in [0.4, 0.5) is 0 Å². The van der Waals surface area contributed by atoms with Gasteiger partial charge in [-0.15, -0.1) is 0 Å². The maximum Gasteiger partial charge on any atom is 0.122 e. The molecule has 1 saturated carbocycles. The minimum atomic E-state index is 0.549. The van der Waals surface area contributed by atoms with Crippen LogP contribution in [0.2, 0.25) is 0 Å². The maximum atomic E-state index is 5.58. The highest BCUT2D eigenvalue weighted by Gasteiger charge is 2.14. The van der Waals surface area contributed by atoms with Gasteiger partial charge in [0, 0.05) is 0 Å². The van der Waals surface area contributed by atoms with E-state index in [0.29, 0.717) is 13.2 Å². The van der Waals surface area contributed by atoms with E-state index in [-0.39, 0.29) is 0 Å². The summed E-state index contributed by atoms with van der Waals surface area (Å²) >= 11 is 0. The number of rotatable bonds is 6. The van der Waals surface area contributed by atoms with Gasteiger partial charge < -0.3 is 9.47 Å². The molecule has 0 spiro atoms. The van der Waals surface area contributed by atoms with Gasteiger partial charge in [-0.3, -0.25) is 0 Å². The van der Waals surface area contributed by atoms with Crippen LogP contribution >= 0.6 is 0 Å². The second kappa shape index (κ2) is 7.10. The Hall–Kier alpha value is -1.44. The Labute approximate surface area is 110 Å². The molecular formula is C16H22O2. The van der Waals surface area contributed by atoms with Gasteiger partial charge in [-0.05, 0) is 36.5 Å². The van der Waals surface area contributed by atoms with Crippen LogP contribution in [0.5, 0.6) is 5.75 Å². The lowest BCUT2D eigenvalue weighted by Gasteiger charge is -2.22. The molecule has 18 heavy (non-hydrogen) atoms. The van der Waals surface area contributed by atoms with E-state index in [2.05, 4.69) is 30.8 Å². The zero-order valence-corrected chi connectivity index (χ0v) is 10.9. The molecule has 2 nitrogen and oxygen atoms in total. The molecule has 1 fully saturated rings. The van der Waals surface area contributed by atoms with Crippen molar-refractivity contribution in [2.24, 2.45) is 0 Å². The zero-order chi connectivity index (χ0) is 12.6. The summed E-state index contributed by atoms with van der Waals surface area (Å²) in [6.45, 7) is 4.60. The highest BCUT2D eigenvalue weighted by atomic mass is 16.5. The second-order valence-corrected chi connectivity index (χ2v) is 4.79. The van der Waals surface area contributed by atoms with Crippen molar-refractivity contribution in [3.63, 3.8) is 0 Å². The normalized spacial score (nSPS) is 16.2. The van der Waals surface area contributed by atoms with Gasteiger partial charge in [0.1, 0.15) is 19.0 Å². The molecule has 1 aliphatic rings. The van der Waals surface area contributed by atoms with Crippen molar-refractivity contribution in [1.82, 2.24) is 0 Å². The molecule has 1 aromatic carbocycles. The molecule has 0 saturated heterocycles. The van der Waals surface area contributed by atoms with Gasteiger partial charge in [-0.2, -0.15) is 0 Å². The minimum Gasteiger partial charge on any atom is -0.498 e. The molecule has 2 heteroatoms. The minimum absolute atomic E-state index is 0.549. The van der Waals surface area contributed by atoms with E-state index < -0.39 is 0 Å². The first kappa shape index (κ1) is 13.0.